The van der Waals surface area contributed by atoms with E-state index < -0.39 is 0 Å². The molecule has 0 spiro atoms. The maximum atomic E-state index is 13.5. The Balaban J connectivity index is 2.10. The fourth-order valence-electron chi connectivity index (χ4n) is 1.37. The van der Waals surface area contributed by atoms with E-state index in [4.69, 9.17) is 5.26 Å². The Morgan fingerprint density at radius 1 is 1.47 bits per heavy atom. The van der Waals surface area contributed by atoms with Crippen LogP contribution in [0.5, 0.6) is 0 Å². The zero-order chi connectivity index (χ0) is 12.3. The van der Waals surface area contributed by atoms with E-state index in [-0.39, 0.29) is 5.82 Å². The van der Waals surface area contributed by atoms with Crippen molar-refractivity contribution in [3.8, 4) is 6.07 Å². The number of hydrogen-bond acceptors (Lipinski definition) is 3. The molecule has 0 bridgehead atoms. The van der Waals surface area contributed by atoms with Crippen LogP contribution in [0, 0.1) is 17.1 Å². The lowest BCUT2D eigenvalue weighted by Gasteiger charge is -2.08. The van der Waals surface area contributed by atoms with Gasteiger partial charge in [0.15, 0.2) is 0 Å². The minimum atomic E-state index is -0.295. The van der Waals surface area contributed by atoms with Crippen LogP contribution in [0.1, 0.15) is 10.4 Å². The van der Waals surface area contributed by atoms with Crippen LogP contribution in [0.3, 0.4) is 0 Å². The first-order valence-electron chi connectivity index (χ1n) is 4.86. The molecular formula is C12H8BrFN2S. The molecule has 1 aromatic carbocycles. The van der Waals surface area contributed by atoms with Crippen LogP contribution >= 0.6 is 27.3 Å². The summed E-state index contributed by atoms with van der Waals surface area (Å²) in [6, 6.07) is 8.69. The molecule has 2 rings (SSSR count). The average Bonchev–Trinajstić information content (AvgIpc) is 2.76. The summed E-state index contributed by atoms with van der Waals surface area (Å²) in [6.07, 6.45) is 0. The van der Waals surface area contributed by atoms with Gasteiger partial charge in [-0.2, -0.15) is 5.26 Å². The van der Waals surface area contributed by atoms with Crippen molar-refractivity contribution in [3.05, 3.63) is 50.4 Å². The van der Waals surface area contributed by atoms with Crippen molar-refractivity contribution in [1.29, 1.82) is 5.26 Å². The first-order valence-corrected chi connectivity index (χ1v) is 6.53. The van der Waals surface area contributed by atoms with E-state index in [1.807, 2.05) is 0 Å². The number of nitrogens with one attached hydrogen (secondary N) is 1. The summed E-state index contributed by atoms with van der Waals surface area (Å²) in [7, 11) is 0. The zero-order valence-corrected chi connectivity index (χ0v) is 11.1. The highest BCUT2D eigenvalue weighted by atomic mass is 79.9. The minimum absolute atomic E-state index is 0.295. The summed E-state index contributed by atoms with van der Waals surface area (Å²) in [5, 5.41) is 13.5. The van der Waals surface area contributed by atoms with E-state index in [1.54, 1.807) is 23.6 Å². The second-order valence-electron chi connectivity index (χ2n) is 3.36. The quantitative estimate of drug-likeness (QED) is 0.925. The Kier molecular flexibility index (Phi) is 3.77. The summed E-state index contributed by atoms with van der Waals surface area (Å²) >= 11 is 4.77. The summed E-state index contributed by atoms with van der Waals surface area (Å²) in [6.45, 7) is 0.506. The largest absolute Gasteiger partial charge is 0.377 e. The van der Waals surface area contributed by atoms with Crippen LogP contribution in [0.4, 0.5) is 10.1 Å². The van der Waals surface area contributed by atoms with Crippen molar-refractivity contribution in [3.63, 3.8) is 0 Å². The molecule has 2 aromatic rings. The molecule has 1 aromatic heterocycles. The Labute approximate surface area is 111 Å². The van der Waals surface area contributed by atoms with Crippen LogP contribution in [-0.4, -0.2) is 0 Å². The van der Waals surface area contributed by atoms with E-state index in [0.29, 0.717) is 22.3 Å². The molecule has 0 fully saturated rings. The first-order chi connectivity index (χ1) is 8.20. The van der Waals surface area contributed by atoms with Crippen LogP contribution < -0.4 is 5.32 Å². The van der Waals surface area contributed by atoms with Crippen LogP contribution in [0.25, 0.3) is 0 Å². The van der Waals surface area contributed by atoms with Gasteiger partial charge in [-0.1, -0.05) is 6.07 Å². The van der Waals surface area contributed by atoms with E-state index in [9.17, 15) is 4.39 Å². The summed E-state index contributed by atoms with van der Waals surface area (Å²) in [5.74, 6) is -0.295. The number of hydrogen-bond donors (Lipinski definition) is 1. The van der Waals surface area contributed by atoms with Gasteiger partial charge in [-0.05, 0) is 34.1 Å². The number of rotatable bonds is 3. The number of halogens is 2. The Morgan fingerprint density at radius 2 is 2.29 bits per heavy atom. The molecule has 5 heteroatoms. The second kappa shape index (κ2) is 5.30. The predicted octanol–water partition coefficient (Wildman–Crippen LogP) is 4.13. The van der Waals surface area contributed by atoms with Crippen molar-refractivity contribution >= 4 is 33.0 Å². The van der Waals surface area contributed by atoms with E-state index in [0.717, 1.165) is 4.88 Å². The minimum Gasteiger partial charge on any atom is -0.377 e. The van der Waals surface area contributed by atoms with E-state index >= 15 is 0 Å². The molecule has 0 amide bonds. The van der Waals surface area contributed by atoms with Crippen LogP contribution in [0.15, 0.2) is 34.1 Å². The molecular weight excluding hydrogens is 303 g/mol. The third kappa shape index (κ3) is 2.84. The highest BCUT2D eigenvalue weighted by Gasteiger charge is 2.06. The Hall–Kier alpha value is -1.38. The lowest BCUT2D eigenvalue weighted by atomic mass is 10.3. The van der Waals surface area contributed by atoms with Crippen molar-refractivity contribution in [1.82, 2.24) is 0 Å². The lowest BCUT2D eigenvalue weighted by Crippen LogP contribution is -2.00. The van der Waals surface area contributed by atoms with Gasteiger partial charge in [0.1, 0.15) is 11.9 Å². The molecule has 1 heterocycles. The molecule has 0 atom stereocenters. The van der Waals surface area contributed by atoms with E-state index in [1.165, 1.54) is 17.4 Å². The van der Waals surface area contributed by atoms with Gasteiger partial charge in [-0.25, -0.2) is 4.39 Å². The maximum Gasteiger partial charge on any atom is 0.147 e. The maximum absolute atomic E-state index is 13.5. The fourth-order valence-corrected chi connectivity index (χ4v) is 2.61. The van der Waals surface area contributed by atoms with Gasteiger partial charge in [0, 0.05) is 21.3 Å². The molecule has 2 nitrogen and oxygen atoms in total. The summed E-state index contributed by atoms with van der Waals surface area (Å²) in [4.78, 5) is 0.997. The van der Waals surface area contributed by atoms with Gasteiger partial charge in [-0.3, -0.25) is 0 Å². The van der Waals surface area contributed by atoms with Gasteiger partial charge in [0.2, 0.25) is 0 Å². The highest BCUT2D eigenvalue weighted by Crippen LogP contribution is 2.26. The van der Waals surface area contributed by atoms with Gasteiger partial charge in [0.05, 0.1) is 11.3 Å². The van der Waals surface area contributed by atoms with Crippen molar-refractivity contribution in [2.75, 3.05) is 5.32 Å². The SMILES string of the molecule is N#Cc1csc(CNc2c(F)cccc2Br)c1. The van der Waals surface area contributed by atoms with Gasteiger partial charge in [-0.15, -0.1) is 11.3 Å². The molecule has 0 saturated carbocycles. The standard InChI is InChI=1S/C12H8BrFN2S/c13-10-2-1-3-11(14)12(10)16-6-9-4-8(5-15)7-17-9/h1-4,7,16H,6H2. The number of thiophene rings is 1. The Morgan fingerprint density at radius 3 is 2.94 bits per heavy atom. The van der Waals surface area contributed by atoms with Gasteiger partial charge < -0.3 is 5.32 Å². The third-order valence-corrected chi connectivity index (χ3v) is 3.78. The molecule has 0 aliphatic heterocycles. The van der Waals surface area contributed by atoms with Crippen molar-refractivity contribution in [2.24, 2.45) is 0 Å². The smallest absolute Gasteiger partial charge is 0.147 e. The third-order valence-electron chi connectivity index (χ3n) is 2.19. The molecule has 0 radical (unpaired) electrons. The number of benzene rings is 1. The lowest BCUT2D eigenvalue weighted by molar-refractivity contribution is 0.629. The molecule has 17 heavy (non-hydrogen) atoms. The topological polar surface area (TPSA) is 35.8 Å². The van der Waals surface area contributed by atoms with Crippen molar-refractivity contribution < 1.29 is 4.39 Å². The summed E-state index contributed by atoms with van der Waals surface area (Å²) in [5.41, 5.74) is 1.08. The van der Waals surface area contributed by atoms with Gasteiger partial charge in [0.25, 0.3) is 0 Å². The molecule has 0 saturated heterocycles. The fraction of sp³-hybridized carbons (Fsp3) is 0.0833. The highest BCUT2D eigenvalue weighted by molar-refractivity contribution is 9.10. The normalized spacial score (nSPS) is 9.94. The zero-order valence-electron chi connectivity index (χ0n) is 8.71. The number of nitrogens with zero attached hydrogens (tertiary/aromatic N) is 1. The van der Waals surface area contributed by atoms with Gasteiger partial charge >= 0.3 is 0 Å². The molecule has 0 aliphatic carbocycles. The molecule has 0 unspecified atom stereocenters. The molecule has 0 aliphatic rings. The molecule has 86 valence electrons. The van der Waals surface area contributed by atoms with Crippen LogP contribution in [-0.2, 0) is 6.54 Å². The predicted molar refractivity (Wildman–Crippen MR) is 70.5 cm³/mol. The number of nitriles is 1. The van der Waals surface area contributed by atoms with Crippen molar-refractivity contribution in [2.45, 2.75) is 6.54 Å². The van der Waals surface area contributed by atoms with Crippen LogP contribution in [0.2, 0.25) is 0 Å². The molecule has 1 N–H and O–H groups in total. The number of anilines is 1. The second-order valence-corrected chi connectivity index (χ2v) is 5.21. The Bertz CT molecular complexity index is 554. The monoisotopic (exact) mass is 310 g/mol. The van der Waals surface area contributed by atoms with E-state index in [2.05, 4.69) is 27.3 Å². The number of para-hydroxylation sites is 1. The average molecular weight is 311 g/mol. The first kappa shape index (κ1) is 12.1. The summed E-state index contributed by atoms with van der Waals surface area (Å²) < 4.78 is 14.2.